The van der Waals surface area contributed by atoms with Crippen LogP contribution < -0.4 is 21.5 Å². The Morgan fingerprint density at radius 2 is 2.03 bits per heavy atom. The Morgan fingerprint density at radius 1 is 1.33 bits per heavy atom. The van der Waals surface area contributed by atoms with Crippen molar-refractivity contribution >= 4 is 17.5 Å². The fraction of sp³-hybridized carbons (Fsp3) is 0.400. The molecule has 3 rings (SSSR count). The number of morpholine rings is 1. The topological polar surface area (TPSA) is 152 Å². The van der Waals surface area contributed by atoms with Crippen LogP contribution in [0.15, 0.2) is 24.3 Å². The number of nitrogens with two attached hydrogens (primary N) is 2. The van der Waals surface area contributed by atoms with E-state index in [-0.39, 0.29) is 35.3 Å². The molecule has 5 N–H and O–H groups in total. The highest BCUT2D eigenvalue weighted by molar-refractivity contribution is 5.99. The van der Waals surface area contributed by atoms with Gasteiger partial charge in [0.1, 0.15) is 11.6 Å². The van der Waals surface area contributed by atoms with Crippen LogP contribution in [-0.4, -0.2) is 60.7 Å². The summed E-state index contributed by atoms with van der Waals surface area (Å²) in [5.74, 6) is -1.35. The van der Waals surface area contributed by atoms with E-state index >= 15 is 0 Å². The van der Waals surface area contributed by atoms with E-state index in [0.29, 0.717) is 26.3 Å². The first kappa shape index (κ1) is 24.2. The molecule has 1 atom stereocenters. The Bertz CT molecular complexity index is 1070. The lowest BCUT2D eigenvalue weighted by molar-refractivity contribution is -0.137. The van der Waals surface area contributed by atoms with Crippen molar-refractivity contribution in [3.05, 3.63) is 41.1 Å². The summed E-state index contributed by atoms with van der Waals surface area (Å²) < 4.78 is 49.7. The smallest absolute Gasteiger partial charge is 0.416 e. The molecule has 0 radical (unpaired) electrons. The van der Waals surface area contributed by atoms with Crippen molar-refractivity contribution in [2.75, 3.05) is 51.0 Å². The molecular formula is C20H22F3N7O3. The van der Waals surface area contributed by atoms with Crippen LogP contribution in [0.1, 0.15) is 16.8 Å². The van der Waals surface area contributed by atoms with Gasteiger partial charge in [-0.05, 0) is 18.2 Å². The van der Waals surface area contributed by atoms with Gasteiger partial charge in [-0.25, -0.2) is 4.98 Å². The van der Waals surface area contributed by atoms with Crippen molar-refractivity contribution < 1.29 is 27.4 Å². The summed E-state index contributed by atoms with van der Waals surface area (Å²) in [6, 6.07) is 5.99. The van der Waals surface area contributed by atoms with Gasteiger partial charge in [-0.15, -0.1) is 0 Å². The number of aromatic nitrogens is 2. The van der Waals surface area contributed by atoms with Gasteiger partial charge < -0.3 is 26.3 Å². The molecule has 1 saturated heterocycles. The van der Waals surface area contributed by atoms with E-state index in [2.05, 4.69) is 15.3 Å². The monoisotopic (exact) mass is 465 g/mol. The van der Waals surface area contributed by atoms with Gasteiger partial charge in [-0.1, -0.05) is 6.07 Å². The van der Waals surface area contributed by atoms with Crippen molar-refractivity contribution in [2.24, 2.45) is 5.73 Å². The van der Waals surface area contributed by atoms with E-state index in [1.54, 1.807) is 0 Å². The maximum absolute atomic E-state index is 13.4. The minimum absolute atomic E-state index is 0.116. The first-order valence-corrected chi connectivity index (χ1v) is 9.78. The van der Waals surface area contributed by atoms with E-state index in [0.717, 1.165) is 18.2 Å². The number of methoxy groups -OCH3 is 1. The number of nitrogens with zero attached hydrogens (tertiary/aromatic N) is 4. The molecule has 2 aromatic rings. The Morgan fingerprint density at radius 3 is 2.64 bits per heavy atom. The van der Waals surface area contributed by atoms with E-state index in [1.807, 2.05) is 11.0 Å². The number of carbonyl (C=O) groups excluding carboxylic acids is 1. The van der Waals surface area contributed by atoms with Crippen molar-refractivity contribution in [3.63, 3.8) is 0 Å². The molecule has 1 aliphatic rings. The van der Waals surface area contributed by atoms with E-state index in [9.17, 15) is 23.2 Å². The molecule has 0 spiro atoms. The number of carbonyl (C=O) groups is 1. The lowest BCUT2D eigenvalue weighted by Crippen LogP contribution is -2.58. The van der Waals surface area contributed by atoms with Crippen LogP contribution in [0.5, 0.6) is 5.88 Å². The van der Waals surface area contributed by atoms with Gasteiger partial charge >= 0.3 is 6.18 Å². The third-order valence-electron chi connectivity index (χ3n) is 5.05. The van der Waals surface area contributed by atoms with Crippen LogP contribution in [0.4, 0.5) is 24.8 Å². The van der Waals surface area contributed by atoms with E-state index < -0.39 is 23.2 Å². The Hall–Kier alpha value is -3.47. The number of nitriles is 1. The summed E-state index contributed by atoms with van der Waals surface area (Å²) in [6.45, 7) is 1.55. The quantitative estimate of drug-likeness (QED) is 0.569. The Labute approximate surface area is 187 Å². The molecule has 33 heavy (non-hydrogen) atoms. The first-order valence-electron chi connectivity index (χ1n) is 9.78. The molecule has 0 unspecified atom stereocenters. The van der Waals surface area contributed by atoms with Crippen LogP contribution in [0, 0.1) is 11.3 Å². The second-order valence-electron chi connectivity index (χ2n) is 7.32. The lowest BCUT2D eigenvalue weighted by atomic mass is 9.90. The summed E-state index contributed by atoms with van der Waals surface area (Å²) >= 11 is 0. The van der Waals surface area contributed by atoms with Crippen LogP contribution in [0.25, 0.3) is 0 Å². The number of rotatable bonds is 6. The molecule has 0 saturated carbocycles. The van der Waals surface area contributed by atoms with E-state index in [4.69, 9.17) is 20.9 Å². The number of benzene rings is 1. The highest BCUT2D eigenvalue weighted by atomic mass is 19.4. The molecule has 13 heteroatoms. The number of hydrogen-bond acceptors (Lipinski definition) is 9. The zero-order valence-electron chi connectivity index (χ0n) is 17.6. The minimum Gasteiger partial charge on any atom is -0.480 e. The summed E-state index contributed by atoms with van der Waals surface area (Å²) in [6.07, 6.45) is -4.60. The van der Waals surface area contributed by atoms with Gasteiger partial charge in [0.25, 0.3) is 5.91 Å². The maximum Gasteiger partial charge on any atom is 0.416 e. The van der Waals surface area contributed by atoms with E-state index in [1.165, 1.54) is 13.2 Å². The lowest BCUT2D eigenvalue weighted by Gasteiger charge is -2.36. The Balaban J connectivity index is 2.06. The summed E-state index contributed by atoms with van der Waals surface area (Å²) in [5.41, 5.74) is 8.85. The number of halogens is 3. The second kappa shape index (κ2) is 9.57. The fourth-order valence-corrected chi connectivity index (χ4v) is 3.41. The number of ether oxygens (including phenoxy) is 2. The number of hydrogen-bond donors (Lipinski definition) is 3. The molecule has 1 amide bonds. The number of amides is 1. The fourth-order valence-electron chi connectivity index (χ4n) is 3.41. The van der Waals surface area contributed by atoms with Crippen LogP contribution >= 0.6 is 0 Å². The molecule has 1 aromatic heterocycles. The summed E-state index contributed by atoms with van der Waals surface area (Å²) in [5, 5.41) is 12.1. The molecule has 10 nitrogen and oxygen atoms in total. The standard InChI is InChI=1S/C20H22F3N7O3/c1-32-16-14(10-24)15(28-18(25)29-16)19(26,11-30-5-7-33-8-6-30)17(31)27-13-4-2-3-12(9-13)20(21,22)23/h2-4,9H,5-8,11,26H2,1H3,(H,27,31)(H2,25,28,29)/t19-/m1/s1. The van der Waals surface area contributed by atoms with Gasteiger partial charge in [-0.2, -0.15) is 23.4 Å². The zero-order chi connectivity index (χ0) is 24.2. The van der Waals surface area contributed by atoms with Crippen molar-refractivity contribution in [3.8, 4) is 11.9 Å². The van der Waals surface area contributed by atoms with Crippen molar-refractivity contribution in [1.29, 1.82) is 5.26 Å². The summed E-state index contributed by atoms with van der Waals surface area (Å²) in [4.78, 5) is 23.1. The largest absolute Gasteiger partial charge is 0.480 e. The Kier molecular flexibility index (Phi) is 7.01. The van der Waals surface area contributed by atoms with Gasteiger partial charge in [-0.3, -0.25) is 9.69 Å². The zero-order valence-corrected chi connectivity index (χ0v) is 17.6. The molecular weight excluding hydrogens is 443 g/mol. The molecule has 1 aromatic carbocycles. The van der Waals surface area contributed by atoms with Crippen LogP contribution in [0.2, 0.25) is 0 Å². The third kappa shape index (κ3) is 5.30. The van der Waals surface area contributed by atoms with Gasteiger partial charge in [0, 0.05) is 25.3 Å². The van der Waals surface area contributed by atoms with Crippen LogP contribution in [-0.2, 0) is 21.2 Å². The highest BCUT2D eigenvalue weighted by Gasteiger charge is 2.43. The third-order valence-corrected chi connectivity index (χ3v) is 5.05. The molecule has 0 bridgehead atoms. The predicted octanol–water partition coefficient (Wildman–Crippen LogP) is 1.08. The predicted molar refractivity (Wildman–Crippen MR) is 111 cm³/mol. The van der Waals surface area contributed by atoms with Crippen molar-refractivity contribution in [1.82, 2.24) is 14.9 Å². The van der Waals surface area contributed by atoms with Crippen molar-refractivity contribution in [2.45, 2.75) is 11.7 Å². The van der Waals surface area contributed by atoms with Gasteiger partial charge in [0.2, 0.25) is 11.8 Å². The number of nitrogens with one attached hydrogen (secondary N) is 1. The average Bonchev–Trinajstić information content (AvgIpc) is 2.78. The molecule has 1 fully saturated rings. The second-order valence-corrected chi connectivity index (χ2v) is 7.32. The maximum atomic E-state index is 13.4. The summed E-state index contributed by atoms with van der Waals surface area (Å²) in [7, 11) is 1.26. The molecule has 176 valence electrons. The number of anilines is 2. The number of alkyl halides is 3. The first-order chi connectivity index (χ1) is 15.6. The molecule has 2 heterocycles. The van der Waals surface area contributed by atoms with Crippen LogP contribution in [0.3, 0.4) is 0 Å². The van der Waals surface area contributed by atoms with Gasteiger partial charge in [0.15, 0.2) is 5.54 Å². The van der Waals surface area contributed by atoms with Gasteiger partial charge in [0.05, 0.1) is 31.6 Å². The number of nitrogen functional groups attached to an aromatic ring is 1. The molecule has 1 aliphatic heterocycles. The molecule has 0 aliphatic carbocycles. The highest BCUT2D eigenvalue weighted by Crippen LogP contribution is 2.32. The average molecular weight is 465 g/mol. The normalized spacial score (nSPS) is 16.5. The SMILES string of the molecule is COc1nc(N)nc([C@](N)(CN2CCOCC2)C(=O)Nc2cccc(C(F)(F)F)c2)c1C#N. The minimum atomic E-state index is -4.60.